The molecule has 0 radical (unpaired) electrons. The van der Waals surface area contributed by atoms with E-state index in [1.165, 1.54) is 0 Å². The van der Waals surface area contributed by atoms with Crippen molar-refractivity contribution in [1.82, 2.24) is 15.2 Å². The highest BCUT2D eigenvalue weighted by atomic mass is 16.1. The molecule has 5 nitrogen and oxygen atoms in total. The first-order chi connectivity index (χ1) is 9.10. The average Bonchev–Trinajstić information content (AvgIpc) is 2.43. The fourth-order valence-corrected chi connectivity index (χ4v) is 2.36. The van der Waals surface area contributed by atoms with Gasteiger partial charge in [-0.15, -0.1) is 0 Å². The van der Waals surface area contributed by atoms with Gasteiger partial charge in [-0.2, -0.15) is 0 Å². The van der Waals surface area contributed by atoms with Gasteiger partial charge in [0.2, 0.25) is 0 Å². The standard InChI is InChI=1S/C14H22N4O/c1-10-8-11(6-7-18(10)3)17-14(19)13-5-4-12(15-2)9-16-13/h4-5,9-11,15H,6-8H2,1-3H3,(H,17,19). The number of pyridine rings is 1. The van der Waals surface area contributed by atoms with Crippen LogP contribution in [0.15, 0.2) is 18.3 Å². The fraction of sp³-hybridized carbons (Fsp3) is 0.571. The second kappa shape index (κ2) is 6.02. The summed E-state index contributed by atoms with van der Waals surface area (Å²) >= 11 is 0. The van der Waals surface area contributed by atoms with E-state index in [0.717, 1.165) is 25.1 Å². The minimum absolute atomic E-state index is 0.0793. The number of hydrogen-bond donors (Lipinski definition) is 2. The van der Waals surface area contributed by atoms with Crippen LogP contribution in [0.5, 0.6) is 0 Å². The quantitative estimate of drug-likeness (QED) is 0.863. The van der Waals surface area contributed by atoms with Gasteiger partial charge in [0.25, 0.3) is 5.91 Å². The van der Waals surface area contributed by atoms with Gasteiger partial charge >= 0.3 is 0 Å². The zero-order valence-corrected chi connectivity index (χ0v) is 11.8. The third-order valence-corrected chi connectivity index (χ3v) is 3.83. The fourth-order valence-electron chi connectivity index (χ4n) is 2.36. The van der Waals surface area contributed by atoms with Crippen LogP contribution in [-0.4, -0.2) is 48.5 Å². The number of amides is 1. The number of piperidine rings is 1. The number of carbonyl (C=O) groups excluding carboxylic acids is 1. The molecule has 1 aromatic rings. The van der Waals surface area contributed by atoms with Crippen molar-refractivity contribution in [2.45, 2.75) is 31.8 Å². The van der Waals surface area contributed by atoms with Crippen LogP contribution in [0, 0.1) is 0 Å². The summed E-state index contributed by atoms with van der Waals surface area (Å²) in [6.45, 7) is 3.22. The second-order valence-corrected chi connectivity index (χ2v) is 5.21. The van der Waals surface area contributed by atoms with Crippen LogP contribution in [-0.2, 0) is 0 Å². The van der Waals surface area contributed by atoms with Gasteiger partial charge < -0.3 is 15.5 Å². The molecule has 0 saturated carbocycles. The van der Waals surface area contributed by atoms with Crippen molar-refractivity contribution >= 4 is 11.6 Å². The molecule has 1 fully saturated rings. The molecule has 1 aliphatic heterocycles. The van der Waals surface area contributed by atoms with Crippen LogP contribution in [0.25, 0.3) is 0 Å². The predicted molar refractivity (Wildman–Crippen MR) is 76.4 cm³/mol. The van der Waals surface area contributed by atoms with E-state index >= 15 is 0 Å². The highest BCUT2D eigenvalue weighted by molar-refractivity contribution is 5.92. The molecule has 2 heterocycles. The van der Waals surface area contributed by atoms with Crippen molar-refractivity contribution in [2.24, 2.45) is 0 Å². The largest absolute Gasteiger partial charge is 0.387 e. The Morgan fingerprint density at radius 2 is 2.26 bits per heavy atom. The van der Waals surface area contributed by atoms with Gasteiger partial charge in [0.15, 0.2) is 0 Å². The van der Waals surface area contributed by atoms with Crippen LogP contribution in [0.2, 0.25) is 0 Å². The molecular weight excluding hydrogens is 240 g/mol. The summed E-state index contributed by atoms with van der Waals surface area (Å²) in [5.74, 6) is -0.0793. The van der Waals surface area contributed by atoms with E-state index in [4.69, 9.17) is 0 Å². The van der Waals surface area contributed by atoms with E-state index in [1.54, 1.807) is 12.3 Å². The Morgan fingerprint density at radius 1 is 1.47 bits per heavy atom. The Hall–Kier alpha value is -1.62. The molecule has 2 rings (SSSR count). The zero-order chi connectivity index (χ0) is 13.8. The summed E-state index contributed by atoms with van der Waals surface area (Å²) in [7, 11) is 3.96. The number of likely N-dealkylation sites (tertiary alicyclic amines) is 1. The molecule has 1 amide bonds. The Balaban J connectivity index is 1.93. The minimum Gasteiger partial charge on any atom is -0.387 e. The molecule has 2 unspecified atom stereocenters. The lowest BCUT2D eigenvalue weighted by Crippen LogP contribution is -2.47. The van der Waals surface area contributed by atoms with E-state index in [2.05, 4.69) is 34.5 Å². The molecule has 0 bridgehead atoms. The van der Waals surface area contributed by atoms with E-state index < -0.39 is 0 Å². The Labute approximate surface area is 114 Å². The molecule has 0 aliphatic carbocycles. The molecule has 1 aliphatic rings. The molecule has 2 N–H and O–H groups in total. The van der Waals surface area contributed by atoms with Crippen LogP contribution < -0.4 is 10.6 Å². The Morgan fingerprint density at radius 3 is 2.84 bits per heavy atom. The third kappa shape index (κ3) is 3.44. The summed E-state index contributed by atoms with van der Waals surface area (Å²) in [6, 6.07) is 4.38. The van der Waals surface area contributed by atoms with E-state index in [9.17, 15) is 4.79 Å². The highest BCUT2D eigenvalue weighted by Crippen LogP contribution is 2.15. The maximum Gasteiger partial charge on any atom is 0.270 e. The summed E-state index contributed by atoms with van der Waals surface area (Å²) in [5, 5.41) is 6.06. The normalized spacial score (nSPS) is 23.9. The third-order valence-electron chi connectivity index (χ3n) is 3.83. The van der Waals surface area contributed by atoms with Crippen LogP contribution >= 0.6 is 0 Å². The van der Waals surface area contributed by atoms with Crippen LogP contribution in [0.4, 0.5) is 5.69 Å². The summed E-state index contributed by atoms with van der Waals surface area (Å²) < 4.78 is 0. The van der Waals surface area contributed by atoms with E-state index in [0.29, 0.717) is 11.7 Å². The summed E-state index contributed by atoms with van der Waals surface area (Å²) in [4.78, 5) is 18.6. The number of aromatic nitrogens is 1. The van der Waals surface area contributed by atoms with E-state index in [-0.39, 0.29) is 11.9 Å². The van der Waals surface area contributed by atoms with Gasteiger partial charge in [0.05, 0.1) is 11.9 Å². The number of rotatable bonds is 3. The molecular formula is C14H22N4O. The van der Waals surface area contributed by atoms with Gasteiger partial charge in [-0.1, -0.05) is 0 Å². The van der Waals surface area contributed by atoms with Gasteiger partial charge in [-0.05, 0) is 38.9 Å². The van der Waals surface area contributed by atoms with E-state index in [1.807, 2.05) is 13.1 Å². The van der Waals surface area contributed by atoms with Gasteiger partial charge in [-0.3, -0.25) is 4.79 Å². The van der Waals surface area contributed by atoms with Crippen LogP contribution in [0.3, 0.4) is 0 Å². The maximum atomic E-state index is 12.1. The number of nitrogens with one attached hydrogen (secondary N) is 2. The summed E-state index contributed by atoms with van der Waals surface area (Å²) in [6.07, 6.45) is 3.67. The average molecular weight is 262 g/mol. The molecule has 19 heavy (non-hydrogen) atoms. The lowest BCUT2D eigenvalue weighted by atomic mass is 9.99. The van der Waals surface area contributed by atoms with Gasteiger partial charge in [-0.25, -0.2) is 4.98 Å². The van der Waals surface area contributed by atoms with Crippen molar-refractivity contribution in [3.05, 3.63) is 24.0 Å². The minimum atomic E-state index is -0.0793. The molecule has 0 spiro atoms. The molecule has 0 aromatic carbocycles. The topological polar surface area (TPSA) is 57.3 Å². The number of carbonyl (C=O) groups is 1. The van der Waals surface area contributed by atoms with Crippen LogP contribution in [0.1, 0.15) is 30.3 Å². The van der Waals surface area contributed by atoms with Crippen molar-refractivity contribution < 1.29 is 4.79 Å². The maximum absolute atomic E-state index is 12.1. The summed E-state index contributed by atoms with van der Waals surface area (Å²) in [5.41, 5.74) is 1.38. The monoisotopic (exact) mass is 262 g/mol. The van der Waals surface area contributed by atoms with Crippen molar-refractivity contribution in [3.8, 4) is 0 Å². The molecule has 5 heteroatoms. The highest BCUT2D eigenvalue weighted by Gasteiger charge is 2.24. The zero-order valence-electron chi connectivity index (χ0n) is 11.8. The van der Waals surface area contributed by atoms with Crippen molar-refractivity contribution in [2.75, 3.05) is 26.0 Å². The Kier molecular flexibility index (Phi) is 4.37. The molecule has 1 aromatic heterocycles. The first-order valence-electron chi connectivity index (χ1n) is 6.75. The number of anilines is 1. The lowest BCUT2D eigenvalue weighted by molar-refractivity contribution is 0.0891. The smallest absolute Gasteiger partial charge is 0.270 e. The molecule has 2 atom stereocenters. The lowest BCUT2D eigenvalue weighted by Gasteiger charge is -2.35. The Bertz CT molecular complexity index is 432. The molecule has 1 saturated heterocycles. The SMILES string of the molecule is CNc1ccc(C(=O)NC2CCN(C)C(C)C2)nc1. The first kappa shape index (κ1) is 13.8. The molecule has 104 valence electrons. The number of nitrogens with zero attached hydrogens (tertiary/aromatic N) is 2. The predicted octanol–water partition coefficient (Wildman–Crippen LogP) is 1.34. The van der Waals surface area contributed by atoms with Crippen molar-refractivity contribution in [3.63, 3.8) is 0 Å². The van der Waals surface area contributed by atoms with Gasteiger partial charge in [0, 0.05) is 25.7 Å². The first-order valence-corrected chi connectivity index (χ1v) is 6.75. The second-order valence-electron chi connectivity index (χ2n) is 5.21. The number of hydrogen-bond acceptors (Lipinski definition) is 4. The van der Waals surface area contributed by atoms with Gasteiger partial charge in [0.1, 0.15) is 5.69 Å². The van der Waals surface area contributed by atoms with Crippen molar-refractivity contribution in [1.29, 1.82) is 0 Å².